The van der Waals surface area contributed by atoms with E-state index in [4.69, 9.17) is 4.74 Å². The normalized spacial score (nSPS) is 21.5. The fourth-order valence-electron chi connectivity index (χ4n) is 3.87. The lowest BCUT2D eigenvalue weighted by Crippen LogP contribution is -2.45. The van der Waals surface area contributed by atoms with Crippen LogP contribution in [0.1, 0.15) is 31.4 Å². The fraction of sp³-hybridized carbons (Fsp3) is 0.833. The number of aryl methyl sites for hydroxylation is 2. The first-order valence-electron chi connectivity index (χ1n) is 9.50. The van der Waals surface area contributed by atoms with Crippen molar-refractivity contribution >= 4 is 5.91 Å². The van der Waals surface area contributed by atoms with E-state index in [1.165, 1.54) is 0 Å². The van der Waals surface area contributed by atoms with Crippen molar-refractivity contribution in [2.45, 2.75) is 40.2 Å². The third-order valence-corrected chi connectivity index (χ3v) is 5.38. The van der Waals surface area contributed by atoms with Gasteiger partial charge in [-0.05, 0) is 32.6 Å². The number of likely N-dealkylation sites (tertiary alicyclic amines) is 1. The van der Waals surface area contributed by atoms with Crippen LogP contribution in [0.4, 0.5) is 0 Å². The number of carbonyl (C=O) groups is 1. The minimum absolute atomic E-state index is 0.0596. The summed E-state index contributed by atoms with van der Waals surface area (Å²) in [5.41, 5.74) is 0. The molecule has 2 fully saturated rings. The lowest BCUT2D eigenvalue weighted by molar-refractivity contribution is -0.137. The van der Waals surface area contributed by atoms with Crippen LogP contribution in [-0.4, -0.2) is 76.4 Å². The lowest BCUT2D eigenvalue weighted by atomic mass is 9.95. The molecule has 3 heterocycles. The Hall–Kier alpha value is -1.47. The van der Waals surface area contributed by atoms with Crippen molar-refractivity contribution in [1.82, 2.24) is 24.6 Å². The SMILES string of the molecule is Cc1nc(C)n(C[C@@H](C)C(=O)N2CCC(CN3CCOCC3)CC2)n1. The molecule has 3 rings (SSSR count). The predicted molar refractivity (Wildman–Crippen MR) is 95.2 cm³/mol. The summed E-state index contributed by atoms with van der Waals surface area (Å²) in [5, 5.41) is 4.37. The number of carbonyl (C=O) groups excluding carboxylic acids is 1. The molecule has 1 aromatic rings. The van der Waals surface area contributed by atoms with Gasteiger partial charge in [0.1, 0.15) is 11.6 Å². The van der Waals surface area contributed by atoms with Gasteiger partial charge in [-0.15, -0.1) is 0 Å². The maximum atomic E-state index is 12.8. The molecule has 0 unspecified atom stereocenters. The van der Waals surface area contributed by atoms with Crippen LogP contribution in [0, 0.1) is 25.7 Å². The summed E-state index contributed by atoms with van der Waals surface area (Å²) in [6, 6.07) is 0. The third-order valence-electron chi connectivity index (χ3n) is 5.38. The number of piperidine rings is 1. The van der Waals surface area contributed by atoms with Gasteiger partial charge in [0.2, 0.25) is 5.91 Å². The molecule has 0 aromatic carbocycles. The van der Waals surface area contributed by atoms with Crippen molar-refractivity contribution in [3.63, 3.8) is 0 Å². The van der Waals surface area contributed by atoms with Gasteiger partial charge in [0.25, 0.3) is 0 Å². The summed E-state index contributed by atoms with van der Waals surface area (Å²) in [5.74, 6) is 2.54. The molecule has 0 aliphatic carbocycles. The maximum absolute atomic E-state index is 12.8. The molecule has 1 atom stereocenters. The monoisotopic (exact) mass is 349 g/mol. The minimum Gasteiger partial charge on any atom is -0.379 e. The average Bonchev–Trinajstić information content (AvgIpc) is 2.93. The highest BCUT2D eigenvalue weighted by Gasteiger charge is 2.27. The molecule has 2 saturated heterocycles. The maximum Gasteiger partial charge on any atom is 0.227 e. The van der Waals surface area contributed by atoms with Crippen molar-refractivity contribution in [1.29, 1.82) is 0 Å². The summed E-state index contributed by atoms with van der Waals surface area (Å²) < 4.78 is 7.27. The number of hydrogen-bond donors (Lipinski definition) is 0. The van der Waals surface area contributed by atoms with Gasteiger partial charge in [0.05, 0.1) is 25.7 Å². The summed E-state index contributed by atoms with van der Waals surface area (Å²) in [7, 11) is 0. The Morgan fingerprint density at radius 1 is 1.20 bits per heavy atom. The van der Waals surface area contributed by atoms with E-state index >= 15 is 0 Å². The van der Waals surface area contributed by atoms with E-state index in [1.54, 1.807) is 0 Å². The second-order valence-corrected chi connectivity index (χ2v) is 7.47. The molecule has 7 heteroatoms. The Kier molecular flexibility index (Phi) is 6.06. The fourth-order valence-corrected chi connectivity index (χ4v) is 3.87. The molecule has 0 radical (unpaired) electrons. The molecule has 140 valence electrons. The van der Waals surface area contributed by atoms with E-state index in [-0.39, 0.29) is 11.8 Å². The first kappa shape index (κ1) is 18.3. The third kappa shape index (κ3) is 4.79. The van der Waals surface area contributed by atoms with E-state index in [0.29, 0.717) is 12.5 Å². The number of rotatable bonds is 5. The van der Waals surface area contributed by atoms with Crippen molar-refractivity contribution in [3.05, 3.63) is 11.6 Å². The zero-order chi connectivity index (χ0) is 17.8. The zero-order valence-corrected chi connectivity index (χ0v) is 15.8. The van der Waals surface area contributed by atoms with E-state index in [1.807, 2.05) is 30.4 Å². The lowest BCUT2D eigenvalue weighted by Gasteiger charge is -2.36. The number of ether oxygens (including phenoxy) is 1. The highest BCUT2D eigenvalue weighted by atomic mass is 16.5. The van der Waals surface area contributed by atoms with Crippen LogP contribution in [0.15, 0.2) is 0 Å². The molecule has 0 spiro atoms. The Balaban J connectivity index is 1.45. The van der Waals surface area contributed by atoms with Crippen molar-refractivity contribution in [2.75, 3.05) is 45.9 Å². The highest BCUT2D eigenvalue weighted by Crippen LogP contribution is 2.21. The Labute approximate surface area is 150 Å². The number of hydrogen-bond acceptors (Lipinski definition) is 5. The van der Waals surface area contributed by atoms with Crippen molar-refractivity contribution in [2.24, 2.45) is 11.8 Å². The van der Waals surface area contributed by atoms with Crippen LogP contribution in [0.25, 0.3) is 0 Å². The molecule has 0 bridgehead atoms. The minimum atomic E-state index is -0.0596. The van der Waals surface area contributed by atoms with Gasteiger partial charge in [0.15, 0.2) is 0 Å². The smallest absolute Gasteiger partial charge is 0.227 e. The molecular weight excluding hydrogens is 318 g/mol. The van der Waals surface area contributed by atoms with Crippen LogP contribution in [-0.2, 0) is 16.1 Å². The molecule has 1 amide bonds. The first-order chi connectivity index (χ1) is 12.0. The van der Waals surface area contributed by atoms with Gasteiger partial charge in [-0.2, -0.15) is 5.10 Å². The summed E-state index contributed by atoms with van der Waals surface area (Å²) in [6.45, 7) is 13.2. The quantitative estimate of drug-likeness (QED) is 0.797. The van der Waals surface area contributed by atoms with Gasteiger partial charge < -0.3 is 9.64 Å². The largest absolute Gasteiger partial charge is 0.379 e. The van der Waals surface area contributed by atoms with Gasteiger partial charge in [-0.3, -0.25) is 9.69 Å². The predicted octanol–water partition coefficient (Wildman–Crippen LogP) is 1.10. The molecule has 1 aromatic heterocycles. The first-order valence-corrected chi connectivity index (χ1v) is 9.50. The van der Waals surface area contributed by atoms with Gasteiger partial charge in [-0.25, -0.2) is 9.67 Å². The molecule has 0 saturated carbocycles. The van der Waals surface area contributed by atoms with E-state index in [9.17, 15) is 4.79 Å². The van der Waals surface area contributed by atoms with E-state index < -0.39 is 0 Å². The van der Waals surface area contributed by atoms with Crippen LogP contribution in [0.3, 0.4) is 0 Å². The highest BCUT2D eigenvalue weighted by molar-refractivity contribution is 5.78. The van der Waals surface area contributed by atoms with E-state index in [0.717, 1.165) is 70.4 Å². The standard InChI is InChI=1S/C18H31N5O2/c1-14(12-23-16(3)19-15(2)20-23)18(24)22-6-4-17(5-7-22)13-21-8-10-25-11-9-21/h14,17H,4-13H2,1-3H3/t14-/m1/s1. The van der Waals surface area contributed by atoms with Crippen LogP contribution in [0.5, 0.6) is 0 Å². The molecule has 2 aliphatic heterocycles. The van der Waals surface area contributed by atoms with E-state index in [2.05, 4.69) is 15.0 Å². The Morgan fingerprint density at radius 3 is 2.48 bits per heavy atom. The number of amides is 1. The molecule has 25 heavy (non-hydrogen) atoms. The molecule has 0 N–H and O–H groups in total. The second-order valence-electron chi connectivity index (χ2n) is 7.47. The molecular formula is C18H31N5O2. The van der Waals surface area contributed by atoms with Crippen molar-refractivity contribution < 1.29 is 9.53 Å². The van der Waals surface area contributed by atoms with Gasteiger partial charge in [0, 0.05) is 32.7 Å². The zero-order valence-electron chi connectivity index (χ0n) is 15.8. The van der Waals surface area contributed by atoms with Crippen LogP contribution in [0.2, 0.25) is 0 Å². The Bertz CT molecular complexity index is 574. The number of aromatic nitrogens is 3. The van der Waals surface area contributed by atoms with Crippen molar-refractivity contribution in [3.8, 4) is 0 Å². The second kappa shape index (κ2) is 8.27. The Morgan fingerprint density at radius 2 is 1.88 bits per heavy atom. The average molecular weight is 349 g/mol. The molecule has 7 nitrogen and oxygen atoms in total. The summed E-state index contributed by atoms with van der Waals surface area (Å²) in [6.07, 6.45) is 2.22. The summed E-state index contributed by atoms with van der Waals surface area (Å²) >= 11 is 0. The van der Waals surface area contributed by atoms with Crippen LogP contribution >= 0.6 is 0 Å². The van der Waals surface area contributed by atoms with Gasteiger partial charge in [-0.1, -0.05) is 6.92 Å². The molecule has 2 aliphatic rings. The van der Waals surface area contributed by atoms with Crippen LogP contribution < -0.4 is 0 Å². The summed E-state index contributed by atoms with van der Waals surface area (Å²) in [4.78, 5) is 21.6. The number of nitrogens with zero attached hydrogens (tertiary/aromatic N) is 5. The topological polar surface area (TPSA) is 63.5 Å². The van der Waals surface area contributed by atoms with Gasteiger partial charge >= 0.3 is 0 Å². The number of morpholine rings is 1.